The summed E-state index contributed by atoms with van der Waals surface area (Å²) in [6, 6.07) is 5.73. The molecule has 0 bridgehead atoms. The van der Waals surface area contributed by atoms with Gasteiger partial charge in [-0.15, -0.1) is 22.7 Å². The van der Waals surface area contributed by atoms with Crippen LogP contribution in [-0.4, -0.2) is 24.2 Å². The molecule has 2 aromatic heterocycles. The smallest absolute Gasteiger partial charge is 0.180 e. The van der Waals surface area contributed by atoms with Crippen LogP contribution in [0.2, 0.25) is 0 Å². The molecule has 3 rings (SSSR count). The minimum Gasteiger partial charge on any atom is -0.493 e. The first-order valence-electron chi connectivity index (χ1n) is 6.10. The van der Waals surface area contributed by atoms with Crippen molar-refractivity contribution in [3.8, 4) is 33.5 Å². The third-order valence-corrected chi connectivity index (χ3v) is 4.46. The fourth-order valence-corrected chi connectivity index (χ4v) is 3.32. The van der Waals surface area contributed by atoms with E-state index in [0.717, 1.165) is 22.0 Å². The van der Waals surface area contributed by atoms with Gasteiger partial charge in [-0.2, -0.15) is 0 Å². The van der Waals surface area contributed by atoms with Crippen molar-refractivity contribution in [3.63, 3.8) is 0 Å². The first-order valence-corrected chi connectivity index (χ1v) is 7.86. The summed E-state index contributed by atoms with van der Waals surface area (Å²) in [6.45, 7) is 0. The lowest BCUT2D eigenvalue weighted by Gasteiger charge is -2.08. The second-order valence-corrected chi connectivity index (χ2v) is 5.93. The van der Waals surface area contributed by atoms with Gasteiger partial charge in [0.2, 0.25) is 0 Å². The van der Waals surface area contributed by atoms with E-state index in [-0.39, 0.29) is 0 Å². The number of methoxy groups -OCH3 is 2. The van der Waals surface area contributed by atoms with Crippen molar-refractivity contribution in [1.29, 1.82) is 0 Å². The van der Waals surface area contributed by atoms with Crippen LogP contribution >= 0.6 is 22.7 Å². The molecule has 1 aromatic carbocycles. The van der Waals surface area contributed by atoms with Crippen LogP contribution in [0.4, 0.5) is 5.13 Å². The predicted octanol–water partition coefficient (Wildman–Crippen LogP) is 3.53. The fraction of sp³-hybridized carbons (Fsp3) is 0.143. The maximum absolute atomic E-state index is 5.66. The quantitative estimate of drug-likeness (QED) is 0.796. The number of ether oxygens (including phenoxy) is 2. The van der Waals surface area contributed by atoms with Crippen molar-refractivity contribution < 1.29 is 9.47 Å². The van der Waals surface area contributed by atoms with Crippen molar-refractivity contribution in [2.45, 2.75) is 0 Å². The molecular weight excluding hydrogens is 306 g/mol. The molecule has 0 fully saturated rings. The lowest BCUT2D eigenvalue weighted by molar-refractivity contribution is 0.355. The molecule has 0 aliphatic carbocycles. The van der Waals surface area contributed by atoms with Gasteiger partial charge in [-0.05, 0) is 18.2 Å². The molecule has 0 radical (unpaired) electrons. The molecule has 0 saturated carbocycles. The number of thiazole rings is 2. The molecule has 5 nitrogen and oxygen atoms in total. The van der Waals surface area contributed by atoms with Gasteiger partial charge in [0.25, 0.3) is 0 Å². The molecule has 0 atom stereocenters. The third-order valence-electron chi connectivity index (χ3n) is 2.92. The molecule has 108 valence electrons. The van der Waals surface area contributed by atoms with E-state index in [1.807, 2.05) is 29.0 Å². The van der Waals surface area contributed by atoms with Crippen molar-refractivity contribution >= 4 is 27.8 Å². The van der Waals surface area contributed by atoms with E-state index >= 15 is 0 Å². The van der Waals surface area contributed by atoms with E-state index in [9.17, 15) is 0 Å². The zero-order valence-corrected chi connectivity index (χ0v) is 13.1. The number of hydrogen-bond donors (Lipinski definition) is 1. The molecule has 0 aliphatic heterocycles. The predicted molar refractivity (Wildman–Crippen MR) is 86.2 cm³/mol. The number of nitrogens with zero attached hydrogens (tertiary/aromatic N) is 2. The molecular formula is C14H13N3O2S2. The highest BCUT2D eigenvalue weighted by Gasteiger charge is 2.11. The number of nitrogen functional groups attached to an aromatic ring is 1. The van der Waals surface area contributed by atoms with Gasteiger partial charge in [0.05, 0.1) is 19.9 Å². The molecule has 0 amide bonds. The zero-order valence-electron chi connectivity index (χ0n) is 11.5. The standard InChI is InChI=1S/C14H13N3O2S2/c1-18-11-4-3-8(5-12(11)19-2)9-6-20-13(16-9)10-7-21-14(15)17-10/h3-7H,1-2H3,(H2,15,17). The number of nitrogens with two attached hydrogens (primary N) is 1. The monoisotopic (exact) mass is 319 g/mol. The van der Waals surface area contributed by atoms with Crippen molar-refractivity contribution in [2.24, 2.45) is 0 Å². The lowest BCUT2D eigenvalue weighted by Crippen LogP contribution is -1.91. The summed E-state index contributed by atoms with van der Waals surface area (Å²) in [6.07, 6.45) is 0. The fourth-order valence-electron chi connectivity index (χ4n) is 1.91. The van der Waals surface area contributed by atoms with Crippen LogP contribution in [0.5, 0.6) is 11.5 Å². The van der Waals surface area contributed by atoms with Crippen LogP contribution < -0.4 is 15.2 Å². The van der Waals surface area contributed by atoms with Crippen LogP contribution in [0, 0.1) is 0 Å². The Morgan fingerprint density at radius 3 is 2.38 bits per heavy atom. The maximum atomic E-state index is 5.66. The number of hydrogen-bond acceptors (Lipinski definition) is 7. The normalized spacial score (nSPS) is 10.6. The van der Waals surface area contributed by atoms with Crippen molar-refractivity contribution in [2.75, 3.05) is 20.0 Å². The summed E-state index contributed by atoms with van der Waals surface area (Å²) in [5.41, 5.74) is 8.32. The lowest BCUT2D eigenvalue weighted by atomic mass is 10.1. The van der Waals surface area contributed by atoms with Gasteiger partial charge in [0, 0.05) is 16.3 Å². The SMILES string of the molecule is COc1ccc(-c2csc(-c3csc(N)n3)n2)cc1OC. The van der Waals surface area contributed by atoms with Crippen LogP contribution in [0.15, 0.2) is 29.0 Å². The minimum atomic E-state index is 0.549. The average Bonchev–Trinajstić information content (AvgIpc) is 3.15. The summed E-state index contributed by atoms with van der Waals surface area (Å²) in [7, 11) is 3.23. The summed E-state index contributed by atoms with van der Waals surface area (Å²) in [5.74, 6) is 1.38. The molecule has 0 saturated heterocycles. The van der Waals surface area contributed by atoms with Gasteiger partial charge in [-0.25, -0.2) is 9.97 Å². The molecule has 0 spiro atoms. The number of anilines is 1. The molecule has 7 heteroatoms. The molecule has 2 heterocycles. The number of rotatable bonds is 4. The average molecular weight is 319 g/mol. The van der Waals surface area contributed by atoms with E-state index in [4.69, 9.17) is 15.2 Å². The van der Waals surface area contributed by atoms with Gasteiger partial charge in [-0.1, -0.05) is 0 Å². The highest BCUT2D eigenvalue weighted by Crippen LogP contribution is 2.34. The molecule has 21 heavy (non-hydrogen) atoms. The number of aromatic nitrogens is 2. The van der Waals surface area contributed by atoms with E-state index in [1.54, 1.807) is 14.2 Å². The summed E-state index contributed by atoms with van der Waals surface area (Å²) in [5, 5.41) is 5.30. The summed E-state index contributed by atoms with van der Waals surface area (Å²) in [4.78, 5) is 8.85. The van der Waals surface area contributed by atoms with Gasteiger partial charge in [-0.3, -0.25) is 0 Å². The first-order chi connectivity index (χ1) is 10.2. The van der Waals surface area contributed by atoms with E-state index in [2.05, 4.69) is 9.97 Å². The van der Waals surface area contributed by atoms with Crippen LogP contribution in [-0.2, 0) is 0 Å². The Morgan fingerprint density at radius 1 is 0.952 bits per heavy atom. The molecule has 2 N–H and O–H groups in total. The Morgan fingerprint density at radius 2 is 1.71 bits per heavy atom. The van der Waals surface area contributed by atoms with E-state index in [0.29, 0.717) is 16.6 Å². The maximum Gasteiger partial charge on any atom is 0.180 e. The molecule has 3 aromatic rings. The zero-order chi connectivity index (χ0) is 14.8. The van der Waals surface area contributed by atoms with Crippen LogP contribution in [0.25, 0.3) is 22.0 Å². The summed E-state index contributed by atoms with van der Waals surface area (Å²) < 4.78 is 10.6. The highest BCUT2D eigenvalue weighted by molar-refractivity contribution is 7.15. The highest BCUT2D eigenvalue weighted by atomic mass is 32.1. The second kappa shape index (κ2) is 5.71. The van der Waals surface area contributed by atoms with Crippen LogP contribution in [0.1, 0.15) is 0 Å². The van der Waals surface area contributed by atoms with E-state index in [1.165, 1.54) is 22.7 Å². The van der Waals surface area contributed by atoms with Gasteiger partial charge < -0.3 is 15.2 Å². The van der Waals surface area contributed by atoms with Crippen LogP contribution in [0.3, 0.4) is 0 Å². The Labute approximate surface area is 130 Å². The molecule has 0 aliphatic rings. The minimum absolute atomic E-state index is 0.549. The Balaban J connectivity index is 1.96. The Bertz CT molecular complexity index is 767. The summed E-state index contributed by atoms with van der Waals surface area (Å²) >= 11 is 2.95. The second-order valence-electron chi connectivity index (χ2n) is 4.18. The topological polar surface area (TPSA) is 70.3 Å². The van der Waals surface area contributed by atoms with Gasteiger partial charge in [0.15, 0.2) is 16.6 Å². The first kappa shape index (κ1) is 13.8. The van der Waals surface area contributed by atoms with Crippen molar-refractivity contribution in [3.05, 3.63) is 29.0 Å². The number of benzene rings is 1. The molecule has 0 unspecified atom stereocenters. The van der Waals surface area contributed by atoms with Crippen molar-refractivity contribution in [1.82, 2.24) is 9.97 Å². The third kappa shape index (κ3) is 2.70. The Hall–Kier alpha value is -2.12. The largest absolute Gasteiger partial charge is 0.493 e. The van der Waals surface area contributed by atoms with Gasteiger partial charge in [0.1, 0.15) is 10.7 Å². The Kier molecular flexibility index (Phi) is 3.76. The van der Waals surface area contributed by atoms with Gasteiger partial charge >= 0.3 is 0 Å². The van der Waals surface area contributed by atoms with E-state index < -0.39 is 0 Å².